The normalized spacial score (nSPS) is 11.6. The molecule has 0 radical (unpaired) electrons. The molecule has 0 bridgehead atoms. The molecule has 9 nitrogen and oxygen atoms in total. The van der Waals surface area contributed by atoms with Crippen LogP contribution in [0.5, 0.6) is 5.75 Å². The van der Waals surface area contributed by atoms with Crippen LogP contribution in [-0.4, -0.2) is 36.4 Å². The molecule has 0 saturated heterocycles. The molecule has 3 aromatic heterocycles. The third-order valence-corrected chi connectivity index (χ3v) is 4.25. The first-order valence-electron chi connectivity index (χ1n) is 8.96. The zero-order chi connectivity index (χ0) is 20.8. The zero-order valence-electron chi connectivity index (χ0n) is 16.4. The SMILES string of the molecule is Cn1nc(-c2cnc3[nH]cc(OC(=O)NC(C)(C)C)c3n2)c2cc(C#N)ccc21. The summed E-state index contributed by atoms with van der Waals surface area (Å²) >= 11 is 0. The summed E-state index contributed by atoms with van der Waals surface area (Å²) in [6, 6.07) is 7.50. The Kier molecular flexibility index (Phi) is 4.19. The topological polar surface area (TPSA) is 122 Å². The molecule has 0 aliphatic heterocycles. The van der Waals surface area contributed by atoms with Crippen molar-refractivity contribution < 1.29 is 9.53 Å². The third-order valence-electron chi connectivity index (χ3n) is 4.25. The van der Waals surface area contributed by atoms with Gasteiger partial charge in [0.1, 0.15) is 11.4 Å². The quantitative estimate of drug-likeness (QED) is 0.543. The Morgan fingerprint density at radius 1 is 1.34 bits per heavy atom. The second kappa shape index (κ2) is 6.60. The second-order valence-corrected chi connectivity index (χ2v) is 7.69. The molecule has 4 aromatic rings. The molecular weight excluding hydrogens is 370 g/mol. The molecule has 0 aliphatic rings. The number of benzene rings is 1. The van der Waals surface area contributed by atoms with Gasteiger partial charge in [-0.3, -0.25) is 4.68 Å². The number of ether oxygens (including phenoxy) is 1. The molecule has 3 heterocycles. The van der Waals surface area contributed by atoms with Gasteiger partial charge in [0.25, 0.3) is 0 Å². The Bertz CT molecular complexity index is 1290. The van der Waals surface area contributed by atoms with Crippen molar-refractivity contribution in [2.24, 2.45) is 7.05 Å². The molecular formula is C20H19N7O2. The first-order chi connectivity index (χ1) is 13.7. The number of aromatic nitrogens is 5. The van der Waals surface area contributed by atoms with Crippen molar-refractivity contribution in [2.75, 3.05) is 0 Å². The Morgan fingerprint density at radius 3 is 2.86 bits per heavy atom. The summed E-state index contributed by atoms with van der Waals surface area (Å²) in [4.78, 5) is 24.1. The van der Waals surface area contributed by atoms with Gasteiger partial charge in [-0.25, -0.2) is 14.8 Å². The van der Waals surface area contributed by atoms with Crippen LogP contribution < -0.4 is 10.1 Å². The monoisotopic (exact) mass is 389 g/mol. The summed E-state index contributed by atoms with van der Waals surface area (Å²) in [6.45, 7) is 5.59. The van der Waals surface area contributed by atoms with Crippen molar-refractivity contribution in [1.29, 1.82) is 5.26 Å². The minimum Gasteiger partial charge on any atom is -0.406 e. The Hall–Kier alpha value is -3.93. The molecule has 0 unspecified atom stereocenters. The predicted molar refractivity (Wildman–Crippen MR) is 107 cm³/mol. The fraction of sp³-hybridized carbons (Fsp3) is 0.250. The molecule has 4 rings (SSSR count). The molecule has 1 aromatic carbocycles. The molecule has 0 spiro atoms. The summed E-state index contributed by atoms with van der Waals surface area (Å²) in [6.07, 6.45) is 2.56. The van der Waals surface area contributed by atoms with Crippen LogP contribution in [0.1, 0.15) is 26.3 Å². The number of nitrogens with one attached hydrogen (secondary N) is 2. The molecule has 2 N–H and O–H groups in total. The van der Waals surface area contributed by atoms with Crippen molar-refractivity contribution in [3.05, 3.63) is 36.2 Å². The minimum atomic E-state index is -0.576. The van der Waals surface area contributed by atoms with Gasteiger partial charge in [-0.2, -0.15) is 10.4 Å². The largest absolute Gasteiger partial charge is 0.413 e. The Morgan fingerprint density at radius 2 is 2.14 bits per heavy atom. The molecule has 0 saturated carbocycles. The van der Waals surface area contributed by atoms with Crippen molar-refractivity contribution in [3.8, 4) is 23.2 Å². The van der Waals surface area contributed by atoms with E-state index in [1.165, 1.54) is 0 Å². The van der Waals surface area contributed by atoms with Crippen molar-refractivity contribution >= 4 is 28.2 Å². The molecule has 9 heteroatoms. The van der Waals surface area contributed by atoms with Crippen molar-refractivity contribution in [3.63, 3.8) is 0 Å². The van der Waals surface area contributed by atoms with E-state index in [4.69, 9.17) is 4.74 Å². The Balaban J connectivity index is 1.78. The van der Waals surface area contributed by atoms with Crippen molar-refractivity contribution in [2.45, 2.75) is 26.3 Å². The summed E-state index contributed by atoms with van der Waals surface area (Å²) < 4.78 is 7.14. The second-order valence-electron chi connectivity index (χ2n) is 7.69. The maximum Gasteiger partial charge on any atom is 0.413 e. The summed E-state index contributed by atoms with van der Waals surface area (Å²) in [5.74, 6) is 0.272. The molecule has 0 atom stereocenters. The van der Waals surface area contributed by atoms with Gasteiger partial charge < -0.3 is 15.0 Å². The number of carbonyl (C=O) groups is 1. The van der Waals surface area contributed by atoms with E-state index < -0.39 is 11.6 Å². The number of nitriles is 1. The number of carbonyl (C=O) groups excluding carboxylic acids is 1. The number of aryl methyl sites for hydroxylation is 1. The minimum absolute atomic E-state index is 0.272. The van der Waals surface area contributed by atoms with E-state index in [-0.39, 0.29) is 5.75 Å². The maximum atomic E-state index is 12.1. The van der Waals surface area contributed by atoms with Gasteiger partial charge in [-0.05, 0) is 39.0 Å². The number of hydrogen-bond donors (Lipinski definition) is 2. The van der Waals surface area contributed by atoms with Crippen LogP contribution in [0.15, 0.2) is 30.6 Å². The van der Waals surface area contributed by atoms with Crippen LogP contribution in [0.2, 0.25) is 0 Å². The van der Waals surface area contributed by atoms with E-state index in [9.17, 15) is 10.1 Å². The van der Waals surface area contributed by atoms with Gasteiger partial charge in [-0.15, -0.1) is 0 Å². The standard InChI is InChI=1S/C20H19N7O2/c1-20(2,3)25-19(28)29-15-10-23-18-17(15)24-13(9-22-18)16-12-7-11(8-21)5-6-14(12)27(4)26-16/h5-7,9-10H,1-4H3,(H,22,23)(H,25,28). The zero-order valence-corrected chi connectivity index (χ0v) is 16.4. The van der Waals surface area contributed by atoms with Crippen LogP contribution in [0.4, 0.5) is 4.79 Å². The number of amides is 1. The summed E-state index contributed by atoms with van der Waals surface area (Å²) in [5.41, 5.74) is 3.00. The number of hydrogen-bond acceptors (Lipinski definition) is 6. The van der Waals surface area contributed by atoms with Gasteiger partial charge >= 0.3 is 6.09 Å². The Labute approximate surface area is 166 Å². The number of nitrogens with zero attached hydrogens (tertiary/aromatic N) is 5. The molecule has 146 valence electrons. The average molecular weight is 389 g/mol. The van der Waals surface area contributed by atoms with Gasteiger partial charge in [-0.1, -0.05) is 0 Å². The number of H-pyrrole nitrogens is 1. The molecule has 1 amide bonds. The van der Waals surface area contributed by atoms with Crippen molar-refractivity contribution in [1.82, 2.24) is 30.0 Å². The van der Waals surface area contributed by atoms with Gasteiger partial charge in [0.05, 0.1) is 23.3 Å². The lowest BCUT2D eigenvalue weighted by molar-refractivity contribution is 0.191. The van der Waals surface area contributed by atoms with Gasteiger partial charge in [0.15, 0.2) is 16.9 Å². The van der Waals surface area contributed by atoms with Crippen LogP contribution in [0.3, 0.4) is 0 Å². The number of aromatic amines is 1. The summed E-state index contributed by atoms with van der Waals surface area (Å²) in [7, 11) is 1.82. The van der Waals surface area contributed by atoms with E-state index in [0.717, 1.165) is 10.9 Å². The smallest absolute Gasteiger partial charge is 0.406 e. The first kappa shape index (κ1) is 18.4. The van der Waals surface area contributed by atoms with Gasteiger partial charge in [0.2, 0.25) is 0 Å². The van der Waals surface area contributed by atoms with E-state index in [1.807, 2.05) is 33.9 Å². The number of rotatable bonds is 2. The maximum absolute atomic E-state index is 12.1. The van der Waals surface area contributed by atoms with Crippen LogP contribution in [-0.2, 0) is 7.05 Å². The molecule has 29 heavy (non-hydrogen) atoms. The highest BCUT2D eigenvalue weighted by atomic mass is 16.6. The third kappa shape index (κ3) is 3.48. The van der Waals surface area contributed by atoms with Crippen LogP contribution in [0, 0.1) is 11.3 Å². The lowest BCUT2D eigenvalue weighted by atomic mass is 10.1. The highest BCUT2D eigenvalue weighted by Gasteiger charge is 2.19. The van der Waals surface area contributed by atoms with E-state index in [1.54, 1.807) is 29.2 Å². The van der Waals surface area contributed by atoms with Crippen LogP contribution >= 0.6 is 0 Å². The number of fused-ring (bicyclic) bond motifs is 2. The van der Waals surface area contributed by atoms with E-state index in [0.29, 0.717) is 28.1 Å². The summed E-state index contributed by atoms with van der Waals surface area (Å²) in [5, 5.41) is 17.3. The van der Waals surface area contributed by atoms with E-state index >= 15 is 0 Å². The first-order valence-corrected chi connectivity index (χ1v) is 8.96. The lowest BCUT2D eigenvalue weighted by Crippen LogP contribution is -2.42. The lowest BCUT2D eigenvalue weighted by Gasteiger charge is -2.19. The molecule has 0 fully saturated rings. The van der Waals surface area contributed by atoms with E-state index in [2.05, 4.69) is 31.4 Å². The fourth-order valence-corrected chi connectivity index (χ4v) is 3.02. The predicted octanol–water partition coefficient (Wildman–Crippen LogP) is 3.27. The highest BCUT2D eigenvalue weighted by Crippen LogP contribution is 2.30. The highest BCUT2D eigenvalue weighted by molar-refractivity contribution is 5.94. The fourth-order valence-electron chi connectivity index (χ4n) is 3.02. The van der Waals surface area contributed by atoms with Crippen LogP contribution in [0.25, 0.3) is 33.5 Å². The van der Waals surface area contributed by atoms with Gasteiger partial charge in [0, 0.05) is 24.2 Å². The average Bonchev–Trinajstić information content (AvgIpc) is 3.20. The molecule has 0 aliphatic carbocycles.